The second-order valence-corrected chi connectivity index (χ2v) is 31.3. The smallest absolute Gasteiger partial charge is 0.456 e. The van der Waals surface area contributed by atoms with Crippen molar-refractivity contribution in [3.8, 4) is 56.2 Å². The minimum absolute atomic E-state index is 0.275. The van der Waals surface area contributed by atoms with Crippen LogP contribution in [0, 0.1) is 0 Å². The molecule has 23 rings (SSSR count). The van der Waals surface area contributed by atoms with Crippen molar-refractivity contribution in [1.29, 1.82) is 0 Å². The highest BCUT2D eigenvalue weighted by atomic mass is 35.5. The Kier molecular flexibility index (Phi) is 16.2. The summed E-state index contributed by atoms with van der Waals surface area (Å²) in [6.45, 7) is 8.38. The average molecular weight is 1490 g/mol. The Labute approximate surface area is 664 Å². The molecule has 0 N–H and O–H groups in total. The van der Waals surface area contributed by atoms with Gasteiger partial charge in [0.05, 0.1) is 44.5 Å². The van der Waals surface area contributed by atoms with E-state index in [1.54, 1.807) is 0 Å². The number of furan rings is 2. The SMILES string of the molecule is CC1(C)OB(c2ccc(C3(c4ccc5oc6ccccc6c5c4)c4ccccc4-c4ccccc43)cc2)OC1(C)C.Clc1nc(-c2ccccc2)c2c(ccc3ccccc32)n1.c1ccc(-c2nc(-c3ccc(C4(c5ccc6oc7ccccc7c6c5)c5ccccc5-c5ccccc54)cc3)nc3ccc4ccccc4c23)cc1. The third-order valence-electron chi connectivity index (χ3n) is 24.2. The molecule has 0 amide bonds. The predicted octanol–water partition coefficient (Wildman–Crippen LogP) is 25.7. The molecule has 114 heavy (non-hydrogen) atoms. The molecule has 5 heterocycles. The number of hydrogen-bond acceptors (Lipinski definition) is 8. The van der Waals surface area contributed by atoms with E-state index in [0.717, 1.165) is 110 Å². The molecule has 2 aliphatic carbocycles. The summed E-state index contributed by atoms with van der Waals surface area (Å²) in [6, 6.07) is 129. The second-order valence-electron chi connectivity index (χ2n) is 30.9. The van der Waals surface area contributed by atoms with Crippen molar-refractivity contribution >= 4 is 111 Å². The van der Waals surface area contributed by atoms with Gasteiger partial charge in [-0.3, -0.25) is 0 Å². The number of halogens is 1. The van der Waals surface area contributed by atoms with Gasteiger partial charge in [-0.1, -0.05) is 315 Å². The summed E-state index contributed by atoms with van der Waals surface area (Å²) in [7, 11) is -0.401. The lowest BCUT2D eigenvalue weighted by atomic mass is 9.66. The molecule has 16 aromatic carbocycles. The van der Waals surface area contributed by atoms with Crippen LogP contribution >= 0.6 is 11.6 Å². The molecule has 542 valence electrons. The molecule has 0 saturated carbocycles. The molecule has 0 spiro atoms. The molecule has 0 atom stereocenters. The summed E-state index contributed by atoms with van der Waals surface area (Å²) in [5, 5.41) is 11.6. The van der Waals surface area contributed by atoms with E-state index in [9.17, 15) is 0 Å². The van der Waals surface area contributed by atoms with Gasteiger partial charge in [-0.2, -0.15) is 0 Å². The number of aromatic nitrogens is 4. The van der Waals surface area contributed by atoms with E-state index >= 15 is 0 Å². The quantitative estimate of drug-likeness (QED) is 0.0843. The van der Waals surface area contributed by atoms with Crippen LogP contribution in [0.5, 0.6) is 0 Å². The molecule has 10 heteroatoms. The maximum Gasteiger partial charge on any atom is 0.494 e. The van der Waals surface area contributed by atoms with Crippen LogP contribution in [0.15, 0.2) is 373 Å². The zero-order valence-electron chi connectivity index (χ0n) is 63.0. The second kappa shape index (κ2) is 26.9. The summed E-state index contributed by atoms with van der Waals surface area (Å²) in [5.74, 6) is 0.709. The topological polar surface area (TPSA) is 96.3 Å². The predicted molar refractivity (Wildman–Crippen MR) is 467 cm³/mol. The molecule has 20 aromatic rings. The largest absolute Gasteiger partial charge is 0.494 e. The van der Waals surface area contributed by atoms with Gasteiger partial charge >= 0.3 is 7.12 Å². The molecular weight excluding hydrogens is 1420 g/mol. The van der Waals surface area contributed by atoms with Gasteiger partial charge < -0.3 is 18.1 Å². The van der Waals surface area contributed by atoms with Gasteiger partial charge in [0.2, 0.25) is 5.28 Å². The van der Waals surface area contributed by atoms with Crippen LogP contribution in [0.1, 0.15) is 72.2 Å². The number of benzene rings is 16. The van der Waals surface area contributed by atoms with Crippen LogP contribution < -0.4 is 5.46 Å². The van der Waals surface area contributed by atoms with Gasteiger partial charge in [-0.25, -0.2) is 19.9 Å². The first-order chi connectivity index (χ1) is 55.9. The van der Waals surface area contributed by atoms with Crippen molar-refractivity contribution in [2.45, 2.75) is 49.7 Å². The fourth-order valence-corrected chi connectivity index (χ4v) is 18.4. The Morgan fingerprint density at radius 1 is 0.281 bits per heavy atom. The molecule has 1 aliphatic heterocycles. The first-order valence-electron chi connectivity index (χ1n) is 38.8. The third-order valence-corrected chi connectivity index (χ3v) is 24.4. The first-order valence-corrected chi connectivity index (χ1v) is 39.2. The van der Waals surface area contributed by atoms with Gasteiger partial charge in [0.25, 0.3) is 0 Å². The highest BCUT2D eigenvalue weighted by molar-refractivity contribution is 6.62. The molecule has 0 unspecified atom stereocenters. The Hall–Kier alpha value is -13.4. The average Bonchev–Trinajstić information content (AvgIpc) is 1.61. The van der Waals surface area contributed by atoms with Crippen LogP contribution in [0.3, 0.4) is 0 Å². The normalized spacial score (nSPS) is 14.6. The Morgan fingerprint density at radius 3 is 1.10 bits per heavy atom. The molecule has 0 radical (unpaired) electrons. The molecule has 8 nitrogen and oxygen atoms in total. The Balaban J connectivity index is 0.000000117. The van der Waals surface area contributed by atoms with Crippen LogP contribution in [0.25, 0.3) is 143 Å². The zero-order valence-corrected chi connectivity index (χ0v) is 63.8. The molecule has 1 fully saturated rings. The van der Waals surface area contributed by atoms with E-state index in [4.69, 9.17) is 39.7 Å². The summed E-state index contributed by atoms with van der Waals surface area (Å²) in [5.41, 5.74) is 24.6. The van der Waals surface area contributed by atoms with Crippen molar-refractivity contribution in [2.24, 2.45) is 0 Å². The van der Waals surface area contributed by atoms with Crippen LogP contribution in [0.2, 0.25) is 5.28 Å². The highest BCUT2D eigenvalue weighted by Gasteiger charge is 2.53. The lowest BCUT2D eigenvalue weighted by Gasteiger charge is -2.34. The fourth-order valence-electron chi connectivity index (χ4n) is 18.2. The highest BCUT2D eigenvalue weighted by Crippen LogP contribution is 2.59. The Bertz CT molecular complexity index is 7110. The number of para-hydroxylation sites is 2. The number of nitrogens with zero attached hydrogens (tertiary/aromatic N) is 4. The maximum atomic E-state index is 6.39. The summed E-state index contributed by atoms with van der Waals surface area (Å²) >= 11 is 6.10. The molecular formula is C104H72BClN4O4. The minimum atomic E-state index is -0.545. The standard InChI is InChI=1S/C49H30N2O.C37H31BO3.C18H11ClN2/c1-2-13-32(14-3-1)47-46-36-15-5-4-12-31(36)24-28-43(46)50-48(51-47)33-22-25-34(26-23-33)49(41-19-9-6-16-37(41)38-17-7-10-20-42(38)49)35-27-29-45-40(30-35)39-18-8-11-21-44(39)52-45;1-35(2)36(3,4)41-38(40-35)26-20-17-24(18-21-26)37(31-14-8-5-11-27(31)28-12-6-9-15-32(28)37)25-19-22-34-30(23-25)29-13-7-10-16-33(29)39-34;19-18-20-15-11-10-12-6-4-5-9-14(12)16(15)17(21-18)13-7-2-1-3-8-13/h1-30H;5-23H,1-4H3;1-11H. The van der Waals surface area contributed by atoms with E-state index < -0.39 is 17.9 Å². The van der Waals surface area contributed by atoms with Gasteiger partial charge in [0.1, 0.15) is 22.3 Å². The first kappa shape index (κ1) is 68.6. The van der Waals surface area contributed by atoms with Crippen LogP contribution in [-0.4, -0.2) is 38.3 Å². The molecule has 0 bridgehead atoms. The van der Waals surface area contributed by atoms with Crippen LogP contribution in [-0.2, 0) is 20.1 Å². The molecule has 4 aromatic heterocycles. The number of hydrogen-bond donors (Lipinski definition) is 0. The molecule has 1 saturated heterocycles. The molecule has 3 aliphatic rings. The van der Waals surface area contributed by atoms with Gasteiger partial charge in [-0.05, 0) is 182 Å². The lowest BCUT2D eigenvalue weighted by Crippen LogP contribution is -2.41. The van der Waals surface area contributed by atoms with E-state index in [1.165, 1.54) is 77.5 Å². The van der Waals surface area contributed by atoms with Crippen molar-refractivity contribution in [3.63, 3.8) is 0 Å². The van der Waals surface area contributed by atoms with E-state index in [1.807, 2.05) is 78.9 Å². The fraction of sp³-hybridized carbons (Fsp3) is 0.0769. The van der Waals surface area contributed by atoms with Crippen molar-refractivity contribution < 1.29 is 18.1 Å². The van der Waals surface area contributed by atoms with E-state index in [2.05, 4.69) is 323 Å². The number of fused-ring (bicyclic) bond motifs is 18. The van der Waals surface area contributed by atoms with Crippen LogP contribution in [0.4, 0.5) is 0 Å². The maximum absolute atomic E-state index is 6.39. The zero-order chi connectivity index (χ0) is 76.4. The lowest BCUT2D eigenvalue weighted by molar-refractivity contribution is 0.00578. The van der Waals surface area contributed by atoms with Crippen molar-refractivity contribution in [1.82, 2.24) is 19.9 Å². The third kappa shape index (κ3) is 10.9. The van der Waals surface area contributed by atoms with Gasteiger partial charge in [0, 0.05) is 49.0 Å². The van der Waals surface area contributed by atoms with Crippen molar-refractivity contribution in [2.75, 3.05) is 0 Å². The number of rotatable bonds is 8. The summed E-state index contributed by atoms with van der Waals surface area (Å²) < 4.78 is 25.3. The van der Waals surface area contributed by atoms with E-state index in [0.29, 0.717) is 5.82 Å². The summed E-state index contributed by atoms with van der Waals surface area (Å²) in [4.78, 5) is 19.3. The minimum Gasteiger partial charge on any atom is -0.456 e. The monoisotopic (exact) mass is 1490 g/mol. The van der Waals surface area contributed by atoms with E-state index in [-0.39, 0.29) is 16.5 Å². The Morgan fingerprint density at radius 2 is 0.640 bits per heavy atom. The van der Waals surface area contributed by atoms with Gasteiger partial charge in [0.15, 0.2) is 5.82 Å². The van der Waals surface area contributed by atoms with Crippen molar-refractivity contribution in [3.05, 3.63) is 414 Å². The summed E-state index contributed by atoms with van der Waals surface area (Å²) in [6.07, 6.45) is 0. The van der Waals surface area contributed by atoms with Gasteiger partial charge in [-0.15, -0.1) is 0 Å².